The summed E-state index contributed by atoms with van der Waals surface area (Å²) >= 11 is 0. The predicted molar refractivity (Wildman–Crippen MR) is 93.5 cm³/mol. The maximum atomic E-state index is 13.5. The van der Waals surface area contributed by atoms with Crippen molar-refractivity contribution < 1.29 is 18.7 Å². The van der Waals surface area contributed by atoms with Crippen molar-refractivity contribution >= 4 is 5.91 Å². The third-order valence-corrected chi connectivity index (χ3v) is 4.13. The van der Waals surface area contributed by atoms with Crippen molar-refractivity contribution in [3.8, 4) is 11.5 Å². The molecule has 0 aliphatic carbocycles. The minimum atomic E-state index is -0.262. The Hall–Kier alpha value is -2.56. The van der Waals surface area contributed by atoms with Gasteiger partial charge in [-0.05, 0) is 42.2 Å². The van der Waals surface area contributed by atoms with E-state index in [1.54, 1.807) is 18.2 Å². The molecule has 0 bridgehead atoms. The highest BCUT2D eigenvalue weighted by atomic mass is 19.1. The number of hydrogen-bond donors (Lipinski definition) is 1. The predicted octanol–water partition coefficient (Wildman–Crippen LogP) is 3.28. The van der Waals surface area contributed by atoms with Crippen molar-refractivity contribution in [1.82, 2.24) is 5.32 Å². The van der Waals surface area contributed by atoms with Gasteiger partial charge < -0.3 is 14.8 Å². The zero-order valence-electron chi connectivity index (χ0n) is 14.1. The van der Waals surface area contributed by atoms with Gasteiger partial charge in [0.2, 0.25) is 5.91 Å². The van der Waals surface area contributed by atoms with Crippen LogP contribution >= 0.6 is 0 Å². The fourth-order valence-corrected chi connectivity index (χ4v) is 2.75. The molecule has 2 aromatic carbocycles. The highest BCUT2D eigenvalue weighted by Crippen LogP contribution is 2.30. The second-order valence-electron chi connectivity index (χ2n) is 6.02. The van der Waals surface area contributed by atoms with Gasteiger partial charge in [0, 0.05) is 19.4 Å². The van der Waals surface area contributed by atoms with E-state index < -0.39 is 0 Å². The van der Waals surface area contributed by atoms with Gasteiger partial charge in [-0.25, -0.2) is 4.39 Å². The molecule has 0 unspecified atom stereocenters. The Morgan fingerprint density at radius 1 is 1.04 bits per heavy atom. The van der Waals surface area contributed by atoms with Gasteiger partial charge in [0.1, 0.15) is 5.82 Å². The maximum absolute atomic E-state index is 13.5. The first kappa shape index (κ1) is 17.3. The molecule has 5 heteroatoms. The number of carbonyl (C=O) groups is 1. The van der Waals surface area contributed by atoms with Crippen molar-refractivity contribution in [3.05, 3.63) is 59.4 Å². The summed E-state index contributed by atoms with van der Waals surface area (Å²) in [6.45, 7) is 1.86. The smallest absolute Gasteiger partial charge is 0.220 e. The molecule has 1 aliphatic heterocycles. The largest absolute Gasteiger partial charge is 0.490 e. The van der Waals surface area contributed by atoms with E-state index in [4.69, 9.17) is 9.47 Å². The minimum Gasteiger partial charge on any atom is -0.490 e. The molecule has 0 radical (unpaired) electrons. The number of rotatable bonds is 6. The van der Waals surface area contributed by atoms with Gasteiger partial charge in [-0.15, -0.1) is 0 Å². The molecule has 25 heavy (non-hydrogen) atoms. The van der Waals surface area contributed by atoms with Crippen LogP contribution in [0.2, 0.25) is 0 Å². The molecule has 0 aromatic heterocycles. The van der Waals surface area contributed by atoms with Crippen molar-refractivity contribution in [2.24, 2.45) is 0 Å². The van der Waals surface area contributed by atoms with Crippen molar-refractivity contribution in [1.29, 1.82) is 0 Å². The molecular weight excluding hydrogens is 321 g/mol. The van der Waals surface area contributed by atoms with Crippen LogP contribution in [0.1, 0.15) is 24.0 Å². The van der Waals surface area contributed by atoms with E-state index in [2.05, 4.69) is 5.32 Å². The van der Waals surface area contributed by atoms with E-state index in [-0.39, 0.29) is 18.1 Å². The van der Waals surface area contributed by atoms with E-state index in [0.717, 1.165) is 23.5 Å². The molecule has 3 rings (SSSR count). The molecule has 4 nitrogen and oxygen atoms in total. The molecular formula is C20H22FNO3. The van der Waals surface area contributed by atoms with E-state index in [1.165, 1.54) is 6.07 Å². The summed E-state index contributed by atoms with van der Waals surface area (Å²) in [7, 11) is 0. The Kier molecular flexibility index (Phi) is 5.88. The van der Waals surface area contributed by atoms with E-state index in [9.17, 15) is 9.18 Å². The van der Waals surface area contributed by atoms with Gasteiger partial charge in [-0.3, -0.25) is 4.79 Å². The lowest BCUT2D eigenvalue weighted by atomic mass is 10.1. The van der Waals surface area contributed by atoms with Gasteiger partial charge in [-0.2, -0.15) is 0 Å². The number of aryl methyl sites for hydroxylation is 1. The summed E-state index contributed by atoms with van der Waals surface area (Å²) in [4.78, 5) is 11.9. The zero-order valence-corrected chi connectivity index (χ0v) is 14.1. The summed E-state index contributed by atoms with van der Waals surface area (Å²) in [5.74, 6) is 1.20. The quantitative estimate of drug-likeness (QED) is 0.876. The number of fused-ring (bicyclic) bond motifs is 1. The van der Waals surface area contributed by atoms with Crippen LogP contribution in [0.3, 0.4) is 0 Å². The summed E-state index contributed by atoms with van der Waals surface area (Å²) < 4.78 is 24.8. The third kappa shape index (κ3) is 4.95. The molecule has 1 heterocycles. The Morgan fingerprint density at radius 3 is 2.68 bits per heavy atom. The molecule has 0 saturated heterocycles. The molecule has 0 saturated carbocycles. The fraction of sp³-hybridized carbons (Fsp3) is 0.350. The van der Waals surface area contributed by atoms with E-state index in [0.29, 0.717) is 38.2 Å². The highest BCUT2D eigenvalue weighted by molar-refractivity contribution is 5.76. The van der Waals surface area contributed by atoms with Gasteiger partial charge in [0.15, 0.2) is 11.5 Å². The Bertz CT molecular complexity index is 733. The van der Waals surface area contributed by atoms with Crippen LogP contribution < -0.4 is 14.8 Å². The van der Waals surface area contributed by atoms with Crippen LogP contribution in [0.15, 0.2) is 42.5 Å². The average molecular weight is 343 g/mol. The van der Waals surface area contributed by atoms with Crippen molar-refractivity contribution in [2.45, 2.75) is 25.7 Å². The number of carbonyl (C=O) groups excluding carboxylic acids is 1. The van der Waals surface area contributed by atoms with E-state index in [1.807, 2.05) is 18.2 Å². The van der Waals surface area contributed by atoms with Crippen LogP contribution in [-0.2, 0) is 17.6 Å². The molecule has 0 fully saturated rings. The summed E-state index contributed by atoms with van der Waals surface area (Å²) in [6, 6.07) is 12.4. The first-order valence-electron chi connectivity index (χ1n) is 8.61. The van der Waals surface area contributed by atoms with E-state index >= 15 is 0 Å². The van der Waals surface area contributed by atoms with Crippen LogP contribution in [0.5, 0.6) is 11.5 Å². The number of nitrogens with one attached hydrogen (secondary N) is 1. The maximum Gasteiger partial charge on any atom is 0.220 e. The minimum absolute atomic E-state index is 0.0717. The molecule has 132 valence electrons. The summed E-state index contributed by atoms with van der Waals surface area (Å²) in [6.07, 6.45) is 2.27. The number of amides is 1. The Morgan fingerprint density at radius 2 is 1.84 bits per heavy atom. The highest BCUT2D eigenvalue weighted by Gasteiger charge is 2.11. The van der Waals surface area contributed by atoms with Crippen LogP contribution in [0, 0.1) is 5.82 Å². The first-order chi connectivity index (χ1) is 12.2. The lowest BCUT2D eigenvalue weighted by molar-refractivity contribution is -0.121. The number of ether oxygens (including phenoxy) is 2. The van der Waals surface area contributed by atoms with Gasteiger partial charge in [-0.1, -0.05) is 24.3 Å². The molecule has 1 N–H and O–H groups in total. The fourth-order valence-electron chi connectivity index (χ4n) is 2.75. The topological polar surface area (TPSA) is 47.6 Å². The molecule has 0 atom stereocenters. The second kappa shape index (κ2) is 8.51. The lowest BCUT2D eigenvalue weighted by Crippen LogP contribution is -2.26. The van der Waals surface area contributed by atoms with Crippen molar-refractivity contribution in [2.75, 3.05) is 19.8 Å². The Labute approximate surface area is 147 Å². The number of halogens is 1. The summed E-state index contributed by atoms with van der Waals surface area (Å²) in [5, 5.41) is 2.88. The van der Waals surface area contributed by atoms with Gasteiger partial charge in [0.05, 0.1) is 13.2 Å². The molecule has 2 aromatic rings. The van der Waals surface area contributed by atoms with Crippen molar-refractivity contribution in [3.63, 3.8) is 0 Å². The monoisotopic (exact) mass is 343 g/mol. The second-order valence-corrected chi connectivity index (χ2v) is 6.02. The van der Waals surface area contributed by atoms with Crippen LogP contribution in [0.4, 0.5) is 4.39 Å². The van der Waals surface area contributed by atoms with Gasteiger partial charge >= 0.3 is 0 Å². The number of hydrogen-bond acceptors (Lipinski definition) is 3. The standard InChI is InChI=1S/C20H22FNO3/c21-17-5-2-1-4-16(17)7-9-20(23)22-11-10-15-6-8-18-19(14-15)25-13-3-12-24-18/h1-2,4-6,8,14H,3,7,9-13H2,(H,22,23). The molecule has 0 spiro atoms. The van der Waals surface area contributed by atoms with Crippen LogP contribution in [0.25, 0.3) is 0 Å². The van der Waals surface area contributed by atoms with Crippen LogP contribution in [-0.4, -0.2) is 25.7 Å². The van der Waals surface area contributed by atoms with Gasteiger partial charge in [0.25, 0.3) is 0 Å². The Balaban J connectivity index is 1.44. The summed E-state index contributed by atoms with van der Waals surface area (Å²) in [5.41, 5.74) is 1.65. The lowest BCUT2D eigenvalue weighted by Gasteiger charge is -2.10. The first-order valence-corrected chi connectivity index (χ1v) is 8.61. The zero-order chi connectivity index (χ0) is 17.5. The average Bonchev–Trinajstić information content (AvgIpc) is 2.86. The SMILES string of the molecule is O=C(CCc1ccccc1F)NCCc1ccc2c(c1)OCCCO2. The third-order valence-electron chi connectivity index (χ3n) is 4.13. The molecule has 1 aliphatic rings. The number of benzene rings is 2. The normalized spacial score (nSPS) is 13.2. The molecule has 1 amide bonds.